The van der Waals surface area contributed by atoms with Gasteiger partial charge in [-0.3, -0.25) is 0 Å². The molecule has 0 N–H and O–H groups in total. The van der Waals surface area contributed by atoms with Crippen LogP contribution in [-0.2, 0) is 0 Å². The number of halogens is 1. The van der Waals surface area contributed by atoms with Crippen molar-refractivity contribution >= 4 is 0 Å². The standard InChI is InChI=1S/C14H10FN/c1-10-5-11(9-16)7-13(6-10)12-3-2-4-14(15)8-12/h2-8H,1H3. The van der Waals surface area contributed by atoms with E-state index in [2.05, 4.69) is 6.07 Å². The summed E-state index contributed by atoms with van der Waals surface area (Å²) in [4.78, 5) is 0. The molecule has 0 aliphatic heterocycles. The molecule has 0 bridgehead atoms. The lowest BCUT2D eigenvalue weighted by atomic mass is 10.0. The molecular formula is C14H10FN. The second kappa shape index (κ2) is 4.16. The Balaban J connectivity index is 2.56. The summed E-state index contributed by atoms with van der Waals surface area (Å²) in [5, 5.41) is 8.86. The van der Waals surface area contributed by atoms with E-state index in [9.17, 15) is 4.39 Å². The summed E-state index contributed by atoms with van der Waals surface area (Å²) in [5.74, 6) is -0.266. The molecular weight excluding hydrogens is 201 g/mol. The van der Waals surface area contributed by atoms with E-state index in [0.29, 0.717) is 5.56 Å². The lowest BCUT2D eigenvalue weighted by molar-refractivity contribution is 0.628. The van der Waals surface area contributed by atoms with Crippen LogP contribution in [-0.4, -0.2) is 0 Å². The van der Waals surface area contributed by atoms with Gasteiger partial charge in [-0.2, -0.15) is 5.26 Å². The van der Waals surface area contributed by atoms with E-state index in [1.54, 1.807) is 12.1 Å². The van der Waals surface area contributed by atoms with Crippen LogP contribution in [0.4, 0.5) is 4.39 Å². The van der Waals surface area contributed by atoms with E-state index in [-0.39, 0.29) is 5.82 Å². The fraction of sp³-hybridized carbons (Fsp3) is 0.0714. The van der Waals surface area contributed by atoms with Crippen LogP contribution < -0.4 is 0 Å². The van der Waals surface area contributed by atoms with Crippen LogP contribution in [0.1, 0.15) is 11.1 Å². The number of rotatable bonds is 1. The summed E-state index contributed by atoms with van der Waals surface area (Å²) < 4.78 is 13.1. The van der Waals surface area contributed by atoms with Crippen LogP contribution in [0.15, 0.2) is 42.5 Å². The molecule has 2 aromatic carbocycles. The summed E-state index contributed by atoms with van der Waals surface area (Å²) in [7, 11) is 0. The second-order valence-corrected chi connectivity index (χ2v) is 3.71. The first-order valence-corrected chi connectivity index (χ1v) is 4.97. The summed E-state index contributed by atoms with van der Waals surface area (Å²) in [6.45, 7) is 1.92. The molecule has 0 spiro atoms. The summed E-state index contributed by atoms with van der Waals surface area (Å²) in [5.41, 5.74) is 3.26. The van der Waals surface area contributed by atoms with Crippen molar-refractivity contribution < 1.29 is 4.39 Å². The molecule has 0 atom stereocenters. The van der Waals surface area contributed by atoms with Gasteiger partial charge < -0.3 is 0 Å². The third-order valence-corrected chi connectivity index (χ3v) is 2.36. The van der Waals surface area contributed by atoms with E-state index in [1.165, 1.54) is 12.1 Å². The van der Waals surface area contributed by atoms with Gasteiger partial charge in [-0.25, -0.2) is 4.39 Å². The molecule has 0 aliphatic rings. The number of aryl methyl sites for hydroxylation is 1. The van der Waals surface area contributed by atoms with Gasteiger partial charge >= 0.3 is 0 Å². The van der Waals surface area contributed by atoms with Crippen molar-refractivity contribution in [3.05, 3.63) is 59.4 Å². The minimum Gasteiger partial charge on any atom is -0.207 e. The Bertz CT molecular complexity index is 567. The first-order chi connectivity index (χ1) is 7.69. The molecule has 0 amide bonds. The topological polar surface area (TPSA) is 23.8 Å². The number of hydrogen-bond donors (Lipinski definition) is 0. The van der Waals surface area contributed by atoms with Crippen LogP contribution in [0.5, 0.6) is 0 Å². The third-order valence-electron chi connectivity index (χ3n) is 2.36. The van der Waals surface area contributed by atoms with Crippen molar-refractivity contribution in [2.75, 3.05) is 0 Å². The number of nitrogens with zero attached hydrogens (tertiary/aromatic N) is 1. The Morgan fingerprint density at radius 2 is 1.88 bits per heavy atom. The van der Waals surface area contributed by atoms with Crippen LogP contribution >= 0.6 is 0 Å². The zero-order valence-corrected chi connectivity index (χ0v) is 8.87. The molecule has 0 heterocycles. The number of hydrogen-bond acceptors (Lipinski definition) is 1. The average molecular weight is 211 g/mol. The van der Waals surface area contributed by atoms with E-state index < -0.39 is 0 Å². The Morgan fingerprint density at radius 1 is 1.06 bits per heavy atom. The fourth-order valence-corrected chi connectivity index (χ4v) is 1.68. The molecule has 1 nitrogen and oxygen atoms in total. The molecule has 0 fully saturated rings. The number of benzene rings is 2. The van der Waals surface area contributed by atoms with Crippen molar-refractivity contribution in [1.29, 1.82) is 5.26 Å². The second-order valence-electron chi connectivity index (χ2n) is 3.71. The van der Waals surface area contributed by atoms with Crippen molar-refractivity contribution in [3.63, 3.8) is 0 Å². The highest BCUT2D eigenvalue weighted by molar-refractivity contribution is 5.66. The molecule has 0 aromatic heterocycles. The van der Waals surface area contributed by atoms with Gasteiger partial charge in [-0.1, -0.05) is 18.2 Å². The normalized spacial score (nSPS) is 9.81. The van der Waals surface area contributed by atoms with E-state index in [1.807, 2.05) is 25.1 Å². The predicted molar refractivity (Wildman–Crippen MR) is 61.3 cm³/mol. The lowest BCUT2D eigenvalue weighted by Gasteiger charge is -2.04. The molecule has 0 saturated carbocycles. The van der Waals surface area contributed by atoms with Crippen LogP contribution in [0.3, 0.4) is 0 Å². The zero-order chi connectivity index (χ0) is 11.5. The van der Waals surface area contributed by atoms with Gasteiger partial charge in [0.25, 0.3) is 0 Å². The molecule has 16 heavy (non-hydrogen) atoms. The van der Waals surface area contributed by atoms with Gasteiger partial charge in [0.2, 0.25) is 0 Å². The highest BCUT2D eigenvalue weighted by Crippen LogP contribution is 2.22. The first kappa shape index (κ1) is 10.4. The fourth-order valence-electron chi connectivity index (χ4n) is 1.68. The average Bonchev–Trinajstić information content (AvgIpc) is 2.28. The third kappa shape index (κ3) is 2.09. The quantitative estimate of drug-likeness (QED) is 0.706. The Labute approximate surface area is 93.8 Å². The molecule has 2 aromatic rings. The maximum absolute atomic E-state index is 13.1. The van der Waals surface area contributed by atoms with E-state index in [0.717, 1.165) is 16.7 Å². The van der Waals surface area contributed by atoms with Crippen molar-refractivity contribution in [1.82, 2.24) is 0 Å². The molecule has 0 aliphatic carbocycles. The molecule has 0 radical (unpaired) electrons. The van der Waals surface area contributed by atoms with Crippen molar-refractivity contribution in [2.45, 2.75) is 6.92 Å². The highest BCUT2D eigenvalue weighted by atomic mass is 19.1. The largest absolute Gasteiger partial charge is 0.207 e. The van der Waals surface area contributed by atoms with E-state index >= 15 is 0 Å². The van der Waals surface area contributed by atoms with Gasteiger partial charge in [-0.15, -0.1) is 0 Å². The Morgan fingerprint density at radius 3 is 2.56 bits per heavy atom. The van der Waals surface area contributed by atoms with E-state index in [4.69, 9.17) is 5.26 Å². The van der Waals surface area contributed by atoms with Crippen LogP contribution in [0.25, 0.3) is 11.1 Å². The Kier molecular flexibility index (Phi) is 2.70. The summed E-state index contributed by atoms with van der Waals surface area (Å²) in [6.07, 6.45) is 0. The molecule has 2 rings (SSSR count). The maximum atomic E-state index is 13.1. The SMILES string of the molecule is Cc1cc(C#N)cc(-c2cccc(F)c2)c1. The van der Waals surface area contributed by atoms with Crippen LogP contribution in [0, 0.1) is 24.1 Å². The smallest absolute Gasteiger partial charge is 0.123 e. The monoisotopic (exact) mass is 211 g/mol. The van der Waals surface area contributed by atoms with Gasteiger partial charge in [0.1, 0.15) is 5.82 Å². The minimum absolute atomic E-state index is 0.266. The molecule has 0 unspecified atom stereocenters. The highest BCUT2D eigenvalue weighted by Gasteiger charge is 2.02. The Hall–Kier alpha value is -2.14. The summed E-state index contributed by atoms with van der Waals surface area (Å²) >= 11 is 0. The number of nitriles is 1. The van der Waals surface area contributed by atoms with Gasteiger partial charge in [-0.05, 0) is 47.9 Å². The first-order valence-electron chi connectivity index (χ1n) is 4.97. The lowest BCUT2D eigenvalue weighted by Crippen LogP contribution is -1.84. The molecule has 78 valence electrons. The molecule has 0 saturated heterocycles. The maximum Gasteiger partial charge on any atom is 0.123 e. The van der Waals surface area contributed by atoms with Crippen LogP contribution in [0.2, 0.25) is 0 Å². The van der Waals surface area contributed by atoms with Gasteiger partial charge in [0, 0.05) is 0 Å². The van der Waals surface area contributed by atoms with Crippen molar-refractivity contribution in [2.24, 2.45) is 0 Å². The minimum atomic E-state index is -0.266. The zero-order valence-electron chi connectivity index (χ0n) is 8.87. The summed E-state index contributed by atoms with van der Waals surface area (Å²) in [6, 6.07) is 14.0. The van der Waals surface area contributed by atoms with Gasteiger partial charge in [0.05, 0.1) is 11.6 Å². The predicted octanol–water partition coefficient (Wildman–Crippen LogP) is 3.67. The van der Waals surface area contributed by atoms with Crippen molar-refractivity contribution in [3.8, 4) is 17.2 Å². The molecule has 2 heteroatoms. The van der Waals surface area contributed by atoms with Gasteiger partial charge in [0.15, 0.2) is 0 Å².